The summed E-state index contributed by atoms with van der Waals surface area (Å²) in [6, 6.07) is 0.333. The summed E-state index contributed by atoms with van der Waals surface area (Å²) in [6.07, 6.45) is 1.78. The van der Waals surface area contributed by atoms with Crippen LogP contribution in [0.2, 0.25) is 0 Å². The molecule has 2 aliphatic rings. The van der Waals surface area contributed by atoms with Gasteiger partial charge in [-0.3, -0.25) is 4.90 Å². The Morgan fingerprint density at radius 1 is 1.19 bits per heavy atom. The van der Waals surface area contributed by atoms with E-state index in [1.165, 1.54) is 0 Å². The molecule has 0 aromatic rings. The molecule has 0 radical (unpaired) electrons. The van der Waals surface area contributed by atoms with Gasteiger partial charge in [0.05, 0.1) is 6.54 Å². The van der Waals surface area contributed by atoms with E-state index < -0.39 is 12.7 Å². The van der Waals surface area contributed by atoms with Gasteiger partial charge in [0.2, 0.25) is 0 Å². The largest absolute Gasteiger partial charge is 0.401 e. The van der Waals surface area contributed by atoms with Crippen LogP contribution in [0.1, 0.15) is 59.3 Å². The van der Waals surface area contributed by atoms with Crippen molar-refractivity contribution in [1.29, 1.82) is 0 Å². The van der Waals surface area contributed by atoms with Crippen LogP contribution in [-0.2, 0) is 0 Å². The number of nitrogens with zero attached hydrogens (tertiary/aromatic N) is 1. The molecule has 5 heteroatoms. The van der Waals surface area contributed by atoms with Gasteiger partial charge in [0.15, 0.2) is 0 Å². The lowest BCUT2D eigenvalue weighted by atomic mass is 9.70. The Bertz CT molecular complexity index is 337. The van der Waals surface area contributed by atoms with Gasteiger partial charge in [-0.15, -0.1) is 0 Å². The van der Waals surface area contributed by atoms with E-state index in [9.17, 15) is 13.2 Å². The lowest BCUT2D eigenvalue weighted by Crippen LogP contribution is -2.60. The SMILES string of the molecule is CCCNC1C(N(CC(F)(F)F)C2CC2)CCCC1(C)C. The van der Waals surface area contributed by atoms with E-state index in [0.29, 0.717) is 0 Å². The first-order valence-corrected chi connectivity index (χ1v) is 8.30. The van der Waals surface area contributed by atoms with Crippen LogP contribution in [0.3, 0.4) is 0 Å². The van der Waals surface area contributed by atoms with Gasteiger partial charge in [-0.1, -0.05) is 27.2 Å². The van der Waals surface area contributed by atoms with E-state index in [0.717, 1.165) is 45.1 Å². The molecule has 2 nitrogen and oxygen atoms in total. The molecular formula is C16H29F3N2. The van der Waals surface area contributed by atoms with Crippen molar-refractivity contribution in [3.63, 3.8) is 0 Å². The molecule has 0 amide bonds. The Hall–Kier alpha value is -0.290. The minimum absolute atomic E-state index is 0.0226. The van der Waals surface area contributed by atoms with Gasteiger partial charge in [0, 0.05) is 18.1 Å². The van der Waals surface area contributed by atoms with Crippen molar-refractivity contribution in [1.82, 2.24) is 10.2 Å². The molecule has 2 atom stereocenters. The Kier molecular flexibility index (Phi) is 5.24. The average Bonchev–Trinajstić information content (AvgIpc) is 3.16. The standard InChI is InChI=1S/C16H29F3N2/c1-4-10-20-14-13(6-5-9-15(14,2)3)21(12-7-8-12)11-16(17,18)19/h12-14,20H,4-11H2,1-3H3. The first-order chi connectivity index (χ1) is 9.74. The Morgan fingerprint density at radius 3 is 2.38 bits per heavy atom. The van der Waals surface area contributed by atoms with E-state index in [4.69, 9.17) is 0 Å². The summed E-state index contributed by atoms with van der Waals surface area (Å²) < 4.78 is 38.9. The molecule has 2 rings (SSSR count). The molecule has 21 heavy (non-hydrogen) atoms. The zero-order chi connectivity index (χ0) is 15.7. The maximum absolute atomic E-state index is 13.0. The molecule has 0 bridgehead atoms. The summed E-state index contributed by atoms with van der Waals surface area (Å²) in [6.45, 7) is 6.64. The first kappa shape index (κ1) is 17.1. The van der Waals surface area contributed by atoms with Gasteiger partial charge in [-0.05, 0) is 44.1 Å². The highest BCUT2D eigenvalue weighted by Gasteiger charge is 2.47. The molecule has 0 aromatic carbocycles. The second-order valence-electron chi connectivity index (χ2n) is 7.40. The van der Waals surface area contributed by atoms with Crippen LogP contribution in [0.25, 0.3) is 0 Å². The smallest absolute Gasteiger partial charge is 0.312 e. The van der Waals surface area contributed by atoms with Crippen molar-refractivity contribution in [3.05, 3.63) is 0 Å². The van der Waals surface area contributed by atoms with Crippen LogP contribution < -0.4 is 5.32 Å². The second-order valence-corrected chi connectivity index (χ2v) is 7.40. The van der Waals surface area contributed by atoms with Crippen molar-refractivity contribution in [2.24, 2.45) is 5.41 Å². The predicted octanol–water partition coefficient (Wildman–Crippen LogP) is 3.96. The monoisotopic (exact) mass is 306 g/mol. The third kappa shape index (κ3) is 4.59. The molecule has 0 aliphatic heterocycles. The lowest BCUT2D eigenvalue weighted by Gasteiger charge is -2.49. The van der Waals surface area contributed by atoms with Gasteiger partial charge in [-0.2, -0.15) is 13.2 Å². The van der Waals surface area contributed by atoms with E-state index in [2.05, 4.69) is 26.1 Å². The Balaban J connectivity index is 2.14. The van der Waals surface area contributed by atoms with Crippen LogP contribution in [-0.4, -0.2) is 42.3 Å². The normalized spacial score (nSPS) is 29.9. The Morgan fingerprint density at radius 2 is 1.86 bits per heavy atom. The molecule has 1 N–H and O–H groups in total. The van der Waals surface area contributed by atoms with Gasteiger partial charge in [-0.25, -0.2) is 0 Å². The molecule has 0 spiro atoms. The molecule has 2 saturated carbocycles. The summed E-state index contributed by atoms with van der Waals surface area (Å²) in [4.78, 5) is 1.76. The minimum Gasteiger partial charge on any atom is -0.312 e. The highest BCUT2D eigenvalue weighted by atomic mass is 19.4. The van der Waals surface area contributed by atoms with Gasteiger partial charge < -0.3 is 5.32 Å². The van der Waals surface area contributed by atoms with Crippen LogP contribution in [0, 0.1) is 5.41 Å². The van der Waals surface area contributed by atoms with Crippen LogP contribution in [0.4, 0.5) is 13.2 Å². The number of alkyl halides is 3. The maximum atomic E-state index is 13.0. The minimum atomic E-state index is -4.10. The fourth-order valence-corrected chi connectivity index (χ4v) is 3.81. The van der Waals surface area contributed by atoms with Gasteiger partial charge in [0.25, 0.3) is 0 Å². The van der Waals surface area contributed by atoms with Crippen molar-refractivity contribution >= 4 is 0 Å². The highest BCUT2D eigenvalue weighted by molar-refractivity contribution is 5.02. The van der Waals surface area contributed by atoms with Crippen molar-refractivity contribution in [3.8, 4) is 0 Å². The summed E-state index contributed by atoms with van der Waals surface area (Å²) in [7, 11) is 0. The Labute approximate surface area is 126 Å². The van der Waals surface area contributed by atoms with Crippen molar-refractivity contribution in [2.45, 2.75) is 83.6 Å². The quantitative estimate of drug-likeness (QED) is 0.799. The van der Waals surface area contributed by atoms with Crippen LogP contribution in [0.5, 0.6) is 0 Å². The van der Waals surface area contributed by atoms with Crippen LogP contribution >= 0.6 is 0 Å². The molecule has 2 unspecified atom stereocenters. The first-order valence-electron chi connectivity index (χ1n) is 8.30. The summed E-state index contributed by atoms with van der Waals surface area (Å²) in [5.41, 5.74) is 0.0663. The zero-order valence-electron chi connectivity index (χ0n) is 13.5. The molecule has 0 aromatic heterocycles. The van der Waals surface area contributed by atoms with E-state index in [-0.39, 0.29) is 23.5 Å². The summed E-state index contributed by atoms with van der Waals surface area (Å²) >= 11 is 0. The topological polar surface area (TPSA) is 15.3 Å². The van der Waals surface area contributed by atoms with Crippen molar-refractivity contribution < 1.29 is 13.2 Å². The van der Waals surface area contributed by atoms with E-state index >= 15 is 0 Å². The highest BCUT2D eigenvalue weighted by Crippen LogP contribution is 2.42. The predicted molar refractivity (Wildman–Crippen MR) is 79.3 cm³/mol. The molecule has 2 aliphatic carbocycles. The fraction of sp³-hybridized carbons (Fsp3) is 1.00. The molecule has 2 fully saturated rings. The molecule has 0 heterocycles. The third-order valence-corrected chi connectivity index (χ3v) is 4.97. The zero-order valence-corrected chi connectivity index (χ0v) is 13.5. The number of hydrogen-bond acceptors (Lipinski definition) is 2. The number of rotatable bonds is 6. The molecular weight excluding hydrogens is 277 g/mol. The third-order valence-electron chi connectivity index (χ3n) is 4.97. The number of hydrogen-bond donors (Lipinski definition) is 1. The summed E-state index contributed by atoms with van der Waals surface area (Å²) in [5, 5.41) is 3.55. The maximum Gasteiger partial charge on any atom is 0.401 e. The van der Waals surface area contributed by atoms with E-state index in [1.807, 2.05) is 0 Å². The van der Waals surface area contributed by atoms with Gasteiger partial charge >= 0.3 is 6.18 Å². The average molecular weight is 306 g/mol. The van der Waals surface area contributed by atoms with Crippen LogP contribution in [0.15, 0.2) is 0 Å². The van der Waals surface area contributed by atoms with E-state index in [1.54, 1.807) is 4.90 Å². The molecule has 124 valence electrons. The van der Waals surface area contributed by atoms with Crippen molar-refractivity contribution in [2.75, 3.05) is 13.1 Å². The number of halogens is 3. The summed E-state index contributed by atoms with van der Waals surface area (Å²) in [5.74, 6) is 0. The second kappa shape index (κ2) is 6.45. The fourth-order valence-electron chi connectivity index (χ4n) is 3.81. The molecule has 0 saturated heterocycles. The lowest BCUT2D eigenvalue weighted by molar-refractivity contribution is -0.157. The number of nitrogens with one attached hydrogen (secondary N) is 1. The van der Waals surface area contributed by atoms with Gasteiger partial charge in [0.1, 0.15) is 0 Å².